The van der Waals surface area contributed by atoms with Gasteiger partial charge in [0.15, 0.2) is 0 Å². The van der Waals surface area contributed by atoms with Crippen LogP contribution in [0.5, 0.6) is 0 Å². The molecule has 0 spiro atoms. The van der Waals surface area contributed by atoms with Crippen molar-refractivity contribution in [1.82, 2.24) is 0 Å². The molecule has 0 heterocycles. The number of rotatable bonds is 6. The van der Waals surface area contributed by atoms with Gasteiger partial charge < -0.3 is 20.3 Å². The fraction of sp³-hybridized carbons (Fsp3) is 0.875. The van der Waals surface area contributed by atoms with Crippen LogP contribution in [-0.4, -0.2) is 17.3 Å². The highest BCUT2D eigenvalue weighted by Gasteiger charge is 2.27. The minimum atomic E-state index is -1.57. The van der Waals surface area contributed by atoms with Crippen LogP contribution in [0.15, 0.2) is 0 Å². The second-order valence-corrected chi connectivity index (χ2v) is 2.58. The standard InChI is InChI=1S/C8H18NO3/c1-4-6-11-8(10,5-2)12-7(3)9/h6-7,10H,4-5,9H2,1-3H3. The molecule has 3 N–H and O–H groups in total. The number of nitrogens with two attached hydrogens (primary N) is 1. The van der Waals surface area contributed by atoms with Gasteiger partial charge in [-0.25, -0.2) is 0 Å². The molecule has 0 saturated heterocycles. The molecule has 0 aliphatic rings. The fourth-order valence-electron chi connectivity index (χ4n) is 0.698. The van der Waals surface area contributed by atoms with Crippen molar-refractivity contribution in [3.63, 3.8) is 0 Å². The molecule has 4 nitrogen and oxygen atoms in total. The highest BCUT2D eigenvalue weighted by Crippen LogP contribution is 2.16. The Morgan fingerprint density at radius 2 is 2.17 bits per heavy atom. The van der Waals surface area contributed by atoms with Crippen LogP contribution in [-0.2, 0) is 9.47 Å². The maximum Gasteiger partial charge on any atom is 0.281 e. The van der Waals surface area contributed by atoms with E-state index in [0.29, 0.717) is 12.8 Å². The second-order valence-electron chi connectivity index (χ2n) is 2.58. The Morgan fingerprint density at radius 1 is 1.58 bits per heavy atom. The van der Waals surface area contributed by atoms with Gasteiger partial charge in [0.2, 0.25) is 0 Å². The molecular formula is C8H18NO3. The summed E-state index contributed by atoms with van der Waals surface area (Å²) in [5, 5.41) is 9.57. The van der Waals surface area contributed by atoms with E-state index in [0.717, 1.165) is 0 Å². The summed E-state index contributed by atoms with van der Waals surface area (Å²) in [5.74, 6) is -1.57. The molecule has 73 valence electrons. The largest absolute Gasteiger partial charge is 0.343 e. The quantitative estimate of drug-likeness (QED) is 0.591. The summed E-state index contributed by atoms with van der Waals surface area (Å²) in [6, 6.07) is 0. The highest BCUT2D eigenvalue weighted by atomic mass is 16.8. The third-order valence-corrected chi connectivity index (χ3v) is 1.25. The third-order valence-electron chi connectivity index (χ3n) is 1.25. The summed E-state index contributed by atoms with van der Waals surface area (Å²) in [4.78, 5) is 0. The first-order chi connectivity index (χ1) is 5.54. The van der Waals surface area contributed by atoms with Crippen molar-refractivity contribution in [3.8, 4) is 0 Å². The van der Waals surface area contributed by atoms with Crippen molar-refractivity contribution < 1.29 is 14.6 Å². The predicted molar refractivity (Wildman–Crippen MR) is 45.7 cm³/mol. The summed E-state index contributed by atoms with van der Waals surface area (Å²) in [6.45, 7) is 6.79. The van der Waals surface area contributed by atoms with E-state index >= 15 is 0 Å². The van der Waals surface area contributed by atoms with E-state index in [2.05, 4.69) is 0 Å². The average Bonchev–Trinajstić information content (AvgIpc) is 2.00. The van der Waals surface area contributed by atoms with Crippen LogP contribution >= 0.6 is 0 Å². The zero-order chi connectivity index (χ0) is 9.61. The number of aliphatic hydroxyl groups is 1. The normalized spacial score (nSPS) is 18.8. The maximum absolute atomic E-state index is 9.57. The topological polar surface area (TPSA) is 64.7 Å². The number of hydrogen-bond acceptors (Lipinski definition) is 4. The molecule has 2 atom stereocenters. The molecule has 4 heteroatoms. The average molecular weight is 176 g/mol. The Balaban J connectivity index is 3.86. The number of hydrogen-bond donors (Lipinski definition) is 2. The Kier molecular flexibility index (Phi) is 5.41. The molecule has 0 amide bonds. The summed E-state index contributed by atoms with van der Waals surface area (Å²) >= 11 is 0. The molecule has 0 rings (SSSR count). The Morgan fingerprint density at radius 3 is 2.50 bits per heavy atom. The third kappa shape index (κ3) is 4.66. The van der Waals surface area contributed by atoms with Gasteiger partial charge in [-0.15, -0.1) is 0 Å². The van der Waals surface area contributed by atoms with E-state index in [4.69, 9.17) is 15.2 Å². The zero-order valence-electron chi connectivity index (χ0n) is 7.91. The van der Waals surface area contributed by atoms with E-state index in [1.165, 1.54) is 6.61 Å². The van der Waals surface area contributed by atoms with Crippen molar-refractivity contribution in [2.45, 2.75) is 45.8 Å². The van der Waals surface area contributed by atoms with E-state index < -0.39 is 12.2 Å². The van der Waals surface area contributed by atoms with Crippen LogP contribution in [0.25, 0.3) is 0 Å². The molecule has 0 aromatic heterocycles. The van der Waals surface area contributed by atoms with Gasteiger partial charge in [0.05, 0.1) is 6.61 Å². The Bertz CT molecular complexity index is 119. The molecular weight excluding hydrogens is 158 g/mol. The predicted octanol–water partition coefficient (Wildman–Crippen LogP) is 0.952. The van der Waals surface area contributed by atoms with E-state index in [-0.39, 0.29) is 0 Å². The lowest BCUT2D eigenvalue weighted by molar-refractivity contribution is -0.362. The van der Waals surface area contributed by atoms with Crippen LogP contribution in [0.1, 0.15) is 33.6 Å². The van der Waals surface area contributed by atoms with Crippen molar-refractivity contribution in [1.29, 1.82) is 0 Å². The zero-order valence-corrected chi connectivity index (χ0v) is 7.91. The first-order valence-electron chi connectivity index (χ1n) is 4.19. The summed E-state index contributed by atoms with van der Waals surface area (Å²) in [7, 11) is 0. The van der Waals surface area contributed by atoms with Crippen LogP contribution in [0.2, 0.25) is 0 Å². The molecule has 2 unspecified atom stereocenters. The smallest absolute Gasteiger partial charge is 0.281 e. The lowest BCUT2D eigenvalue weighted by atomic mass is 10.4. The highest BCUT2D eigenvalue weighted by molar-refractivity contribution is 4.56. The maximum atomic E-state index is 9.57. The van der Waals surface area contributed by atoms with E-state index in [1.54, 1.807) is 13.8 Å². The molecule has 0 aliphatic heterocycles. The van der Waals surface area contributed by atoms with Gasteiger partial charge in [0.25, 0.3) is 5.97 Å². The Hall–Kier alpha value is -0.160. The van der Waals surface area contributed by atoms with Gasteiger partial charge in [0, 0.05) is 6.42 Å². The first kappa shape index (κ1) is 11.8. The molecule has 0 aliphatic carbocycles. The molecule has 1 radical (unpaired) electrons. The van der Waals surface area contributed by atoms with Crippen molar-refractivity contribution in [3.05, 3.63) is 6.61 Å². The SMILES string of the molecule is CC[CH]OC(O)(CC)OC(C)N. The van der Waals surface area contributed by atoms with Gasteiger partial charge in [0.1, 0.15) is 6.23 Å². The van der Waals surface area contributed by atoms with Gasteiger partial charge in [-0.05, 0) is 13.3 Å². The van der Waals surface area contributed by atoms with Crippen LogP contribution in [0, 0.1) is 6.61 Å². The molecule has 0 aromatic rings. The molecule has 0 bridgehead atoms. The first-order valence-corrected chi connectivity index (χ1v) is 4.19. The summed E-state index contributed by atoms with van der Waals surface area (Å²) in [6.07, 6.45) is 0.510. The molecule has 0 fully saturated rings. The lowest BCUT2D eigenvalue weighted by Crippen LogP contribution is -2.40. The van der Waals surface area contributed by atoms with Gasteiger partial charge in [-0.3, -0.25) is 0 Å². The fourth-order valence-corrected chi connectivity index (χ4v) is 0.698. The molecule has 0 aromatic carbocycles. The lowest BCUT2D eigenvalue weighted by Gasteiger charge is -2.27. The molecule has 0 saturated carbocycles. The van der Waals surface area contributed by atoms with Crippen molar-refractivity contribution in [2.24, 2.45) is 5.73 Å². The Labute approximate surface area is 73.7 Å². The van der Waals surface area contributed by atoms with Gasteiger partial charge >= 0.3 is 0 Å². The second kappa shape index (κ2) is 5.48. The van der Waals surface area contributed by atoms with E-state index in [1.807, 2.05) is 6.92 Å². The van der Waals surface area contributed by atoms with Gasteiger partial charge in [-0.1, -0.05) is 13.8 Å². The minimum Gasteiger partial charge on any atom is -0.343 e. The van der Waals surface area contributed by atoms with Crippen LogP contribution in [0.4, 0.5) is 0 Å². The van der Waals surface area contributed by atoms with Crippen LogP contribution in [0.3, 0.4) is 0 Å². The monoisotopic (exact) mass is 176 g/mol. The van der Waals surface area contributed by atoms with Crippen molar-refractivity contribution in [2.75, 3.05) is 0 Å². The summed E-state index contributed by atoms with van der Waals surface area (Å²) < 4.78 is 9.94. The number of ether oxygens (including phenoxy) is 2. The van der Waals surface area contributed by atoms with E-state index in [9.17, 15) is 5.11 Å². The summed E-state index contributed by atoms with van der Waals surface area (Å²) in [5.41, 5.74) is 5.35. The van der Waals surface area contributed by atoms with Crippen molar-refractivity contribution >= 4 is 0 Å². The molecule has 12 heavy (non-hydrogen) atoms. The minimum absolute atomic E-state index is 0.338. The van der Waals surface area contributed by atoms with Gasteiger partial charge in [-0.2, -0.15) is 0 Å². The van der Waals surface area contributed by atoms with Crippen LogP contribution < -0.4 is 5.73 Å².